The number of nitrogens with zero attached hydrogens (tertiary/aromatic N) is 1. The van der Waals surface area contributed by atoms with Gasteiger partial charge >= 0.3 is 5.97 Å². The molecule has 1 aromatic carbocycles. The zero-order valence-electron chi connectivity index (χ0n) is 11.8. The van der Waals surface area contributed by atoms with Gasteiger partial charge in [-0.25, -0.2) is 0 Å². The Balaban J connectivity index is 2.63. The van der Waals surface area contributed by atoms with E-state index in [0.29, 0.717) is 22.3 Å². The first-order valence-electron chi connectivity index (χ1n) is 6.37. The monoisotopic (exact) mass is 333 g/mol. The number of rotatable bonds is 7. The van der Waals surface area contributed by atoms with Gasteiger partial charge in [0.1, 0.15) is 12.3 Å². The largest absolute Gasteiger partial charge is 0.484 e. The molecule has 7 heteroatoms. The highest BCUT2D eigenvalue weighted by Crippen LogP contribution is 2.26. The predicted molar refractivity (Wildman–Crippen MR) is 81.0 cm³/mol. The Morgan fingerprint density at radius 3 is 2.48 bits per heavy atom. The van der Waals surface area contributed by atoms with Gasteiger partial charge in [-0.2, -0.15) is 0 Å². The second-order valence-corrected chi connectivity index (χ2v) is 5.74. The molecule has 0 aliphatic carbocycles. The second kappa shape index (κ2) is 8.10. The van der Waals surface area contributed by atoms with Crippen molar-refractivity contribution in [3.8, 4) is 5.75 Å². The number of aliphatic carboxylic acids is 1. The average Bonchev–Trinajstić information content (AvgIpc) is 2.38. The summed E-state index contributed by atoms with van der Waals surface area (Å²) in [7, 11) is 0. The molecule has 21 heavy (non-hydrogen) atoms. The number of benzene rings is 1. The topological polar surface area (TPSA) is 66.8 Å². The lowest BCUT2D eigenvalue weighted by Gasteiger charge is -2.22. The molecule has 5 nitrogen and oxygen atoms in total. The number of hydrogen-bond donors (Lipinski definition) is 1. The van der Waals surface area contributed by atoms with Gasteiger partial charge in [-0.05, 0) is 18.1 Å². The molecule has 0 radical (unpaired) electrons. The highest BCUT2D eigenvalue weighted by Gasteiger charge is 2.18. The standard InChI is InChI=1S/C14H17Cl2NO4/c1-9(2)6-17(7-14(19)20)13(18)8-21-10-3-4-11(15)12(16)5-10/h3-5,9H,6-8H2,1-2H3,(H,19,20). The Labute approximate surface area is 133 Å². The van der Waals surface area contributed by atoms with Crippen molar-refractivity contribution in [2.45, 2.75) is 13.8 Å². The molecule has 0 saturated heterocycles. The van der Waals surface area contributed by atoms with Crippen LogP contribution in [0, 0.1) is 5.92 Å². The summed E-state index contributed by atoms with van der Waals surface area (Å²) in [5.74, 6) is -0.883. The van der Waals surface area contributed by atoms with Crippen LogP contribution >= 0.6 is 23.2 Å². The number of carbonyl (C=O) groups excluding carboxylic acids is 1. The van der Waals surface area contributed by atoms with E-state index in [4.69, 9.17) is 33.0 Å². The quantitative estimate of drug-likeness (QED) is 0.833. The van der Waals surface area contributed by atoms with Gasteiger partial charge in [0, 0.05) is 12.6 Å². The molecule has 116 valence electrons. The molecule has 0 aliphatic heterocycles. The maximum Gasteiger partial charge on any atom is 0.323 e. The van der Waals surface area contributed by atoms with E-state index < -0.39 is 11.9 Å². The van der Waals surface area contributed by atoms with Crippen LogP contribution in [-0.4, -0.2) is 41.6 Å². The summed E-state index contributed by atoms with van der Waals surface area (Å²) < 4.78 is 5.32. The minimum absolute atomic E-state index is 0.165. The SMILES string of the molecule is CC(C)CN(CC(=O)O)C(=O)COc1ccc(Cl)c(Cl)c1. The maximum absolute atomic E-state index is 12.0. The fourth-order valence-electron chi connectivity index (χ4n) is 1.66. The summed E-state index contributed by atoms with van der Waals surface area (Å²) in [5.41, 5.74) is 0. The van der Waals surface area contributed by atoms with E-state index >= 15 is 0 Å². The summed E-state index contributed by atoms with van der Waals surface area (Å²) in [4.78, 5) is 24.1. The van der Waals surface area contributed by atoms with Crippen LogP contribution in [0.4, 0.5) is 0 Å². The van der Waals surface area contributed by atoms with Crippen molar-refractivity contribution in [3.63, 3.8) is 0 Å². The normalized spacial score (nSPS) is 10.5. The lowest BCUT2D eigenvalue weighted by atomic mass is 10.2. The van der Waals surface area contributed by atoms with Crippen LogP contribution in [0.25, 0.3) is 0 Å². The summed E-state index contributed by atoms with van der Waals surface area (Å²) >= 11 is 11.6. The predicted octanol–water partition coefficient (Wildman–Crippen LogP) is 2.94. The van der Waals surface area contributed by atoms with Gasteiger partial charge in [-0.15, -0.1) is 0 Å². The number of carbonyl (C=O) groups is 2. The van der Waals surface area contributed by atoms with Crippen LogP contribution in [0.15, 0.2) is 18.2 Å². The van der Waals surface area contributed by atoms with Crippen molar-refractivity contribution in [1.29, 1.82) is 0 Å². The van der Waals surface area contributed by atoms with E-state index in [9.17, 15) is 9.59 Å². The number of ether oxygens (including phenoxy) is 1. The molecule has 1 N–H and O–H groups in total. The molecular formula is C14H17Cl2NO4. The van der Waals surface area contributed by atoms with Crippen LogP contribution < -0.4 is 4.74 Å². The Kier molecular flexibility index (Phi) is 6.78. The van der Waals surface area contributed by atoms with Crippen LogP contribution in [-0.2, 0) is 9.59 Å². The van der Waals surface area contributed by atoms with Crippen LogP contribution in [0.2, 0.25) is 10.0 Å². The first-order valence-corrected chi connectivity index (χ1v) is 7.12. The van der Waals surface area contributed by atoms with Crippen molar-refractivity contribution >= 4 is 35.1 Å². The zero-order valence-corrected chi connectivity index (χ0v) is 13.3. The Morgan fingerprint density at radius 1 is 1.29 bits per heavy atom. The van der Waals surface area contributed by atoms with Crippen LogP contribution in [0.1, 0.15) is 13.8 Å². The lowest BCUT2D eigenvalue weighted by Crippen LogP contribution is -2.40. The molecular weight excluding hydrogens is 317 g/mol. The summed E-state index contributed by atoms with van der Waals surface area (Å²) in [6, 6.07) is 4.65. The van der Waals surface area contributed by atoms with E-state index in [1.54, 1.807) is 12.1 Å². The number of hydrogen-bond acceptors (Lipinski definition) is 3. The second-order valence-electron chi connectivity index (χ2n) is 4.93. The molecule has 0 aliphatic rings. The minimum Gasteiger partial charge on any atom is -0.484 e. The van der Waals surface area contributed by atoms with E-state index in [1.807, 2.05) is 13.8 Å². The smallest absolute Gasteiger partial charge is 0.323 e. The van der Waals surface area contributed by atoms with Crippen molar-refractivity contribution in [2.24, 2.45) is 5.92 Å². The van der Waals surface area contributed by atoms with Gasteiger partial charge < -0.3 is 14.7 Å². The first-order chi connectivity index (χ1) is 9.79. The number of halogens is 2. The third kappa shape index (κ3) is 6.23. The molecule has 0 atom stereocenters. The minimum atomic E-state index is -1.06. The Morgan fingerprint density at radius 2 is 1.95 bits per heavy atom. The van der Waals surface area contributed by atoms with Crippen molar-refractivity contribution in [3.05, 3.63) is 28.2 Å². The number of amides is 1. The maximum atomic E-state index is 12.0. The molecule has 1 amide bonds. The highest BCUT2D eigenvalue weighted by atomic mass is 35.5. The third-order valence-corrected chi connectivity index (χ3v) is 3.26. The van der Waals surface area contributed by atoms with E-state index in [-0.39, 0.29) is 19.1 Å². The van der Waals surface area contributed by atoms with Crippen molar-refractivity contribution in [1.82, 2.24) is 4.90 Å². The van der Waals surface area contributed by atoms with E-state index in [0.717, 1.165) is 0 Å². The molecule has 0 bridgehead atoms. The number of carboxylic acids is 1. The van der Waals surface area contributed by atoms with Crippen LogP contribution in [0.3, 0.4) is 0 Å². The molecule has 0 unspecified atom stereocenters. The lowest BCUT2D eigenvalue weighted by molar-refractivity contribution is -0.145. The summed E-state index contributed by atoms with van der Waals surface area (Å²) in [6.45, 7) is 3.57. The van der Waals surface area contributed by atoms with Gasteiger partial charge in [-0.3, -0.25) is 9.59 Å². The van der Waals surface area contributed by atoms with Crippen molar-refractivity contribution in [2.75, 3.05) is 19.7 Å². The van der Waals surface area contributed by atoms with Gasteiger partial charge in [-0.1, -0.05) is 37.0 Å². The van der Waals surface area contributed by atoms with E-state index in [1.165, 1.54) is 11.0 Å². The van der Waals surface area contributed by atoms with Gasteiger partial charge in [0.15, 0.2) is 6.61 Å². The molecule has 0 aromatic heterocycles. The van der Waals surface area contributed by atoms with E-state index in [2.05, 4.69) is 0 Å². The van der Waals surface area contributed by atoms with Gasteiger partial charge in [0.2, 0.25) is 0 Å². The molecule has 0 spiro atoms. The highest BCUT2D eigenvalue weighted by molar-refractivity contribution is 6.42. The summed E-state index contributed by atoms with van der Waals surface area (Å²) in [6.07, 6.45) is 0. The molecule has 0 heterocycles. The summed E-state index contributed by atoms with van der Waals surface area (Å²) in [5, 5.41) is 9.55. The first kappa shape index (κ1) is 17.6. The third-order valence-electron chi connectivity index (χ3n) is 2.52. The zero-order chi connectivity index (χ0) is 16.0. The average molecular weight is 334 g/mol. The van der Waals surface area contributed by atoms with Gasteiger partial charge in [0.25, 0.3) is 5.91 Å². The molecule has 1 rings (SSSR count). The fourth-order valence-corrected chi connectivity index (χ4v) is 1.95. The fraction of sp³-hybridized carbons (Fsp3) is 0.429. The van der Waals surface area contributed by atoms with Gasteiger partial charge in [0.05, 0.1) is 10.0 Å². The molecule has 1 aromatic rings. The Hall–Kier alpha value is -1.46. The Bertz CT molecular complexity index is 520. The van der Waals surface area contributed by atoms with Crippen LogP contribution in [0.5, 0.6) is 5.75 Å². The molecule has 0 fully saturated rings. The van der Waals surface area contributed by atoms with Crippen molar-refractivity contribution < 1.29 is 19.4 Å². The number of carboxylic acid groups (broad SMARTS) is 1. The molecule has 0 saturated carbocycles.